The van der Waals surface area contributed by atoms with Gasteiger partial charge in [0, 0.05) is 24.1 Å². The van der Waals surface area contributed by atoms with Gasteiger partial charge in [0.15, 0.2) is 0 Å². The van der Waals surface area contributed by atoms with Crippen LogP contribution in [0.1, 0.15) is 23.5 Å². The van der Waals surface area contributed by atoms with Gasteiger partial charge >= 0.3 is 0 Å². The number of rotatable bonds is 5. The van der Waals surface area contributed by atoms with Crippen molar-refractivity contribution < 1.29 is 4.79 Å². The summed E-state index contributed by atoms with van der Waals surface area (Å²) in [7, 11) is 0. The first-order chi connectivity index (χ1) is 11.5. The molecule has 122 valence electrons. The van der Waals surface area contributed by atoms with Crippen LogP contribution in [0.15, 0.2) is 54.9 Å². The first-order valence-corrected chi connectivity index (χ1v) is 8.12. The quantitative estimate of drug-likeness (QED) is 0.708. The predicted octanol–water partition coefficient (Wildman–Crippen LogP) is 4.39. The summed E-state index contributed by atoms with van der Waals surface area (Å²) in [5.74, 6) is -0.541. The van der Waals surface area contributed by atoms with Crippen LogP contribution in [0, 0.1) is 0 Å². The van der Waals surface area contributed by atoms with E-state index in [1.54, 1.807) is 18.3 Å². The molecule has 0 spiro atoms. The van der Waals surface area contributed by atoms with Crippen LogP contribution in [0.5, 0.6) is 0 Å². The maximum atomic E-state index is 11.5. The lowest BCUT2D eigenvalue weighted by Gasteiger charge is -2.17. The summed E-state index contributed by atoms with van der Waals surface area (Å²) in [6.07, 6.45) is 3.78. The van der Waals surface area contributed by atoms with Gasteiger partial charge in [0.25, 0.3) is 0 Å². The number of nitrogens with zero attached hydrogens (tertiary/aromatic N) is 1. The van der Waals surface area contributed by atoms with Gasteiger partial charge in [0.2, 0.25) is 5.91 Å². The number of carbonyl (C=O) groups excluding carboxylic acids is 1. The number of H-pyrrole nitrogens is 1. The summed E-state index contributed by atoms with van der Waals surface area (Å²) in [6, 6.07) is 13.3. The summed E-state index contributed by atoms with van der Waals surface area (Å²) >= 11 is 12.1. The Morgan fingerprint density at radius 3 is 2.33 bits per heavy atom. The minimum Gasteiger partial charge on any atom is -0.370 e. The number of nitrogens with one attached hydrogen (secondary N) is 1. The smallest absolute Gasteiger partial charge is 0.218 e. The Bertz CT molecular complexity index is 845. The molecule has 3 aromatic rings. The lowest BCUT2D eigenvalue weighted by molar-refractivity contribution is -0.118. The molecule has 1 atom stereocenters. The van der Waals surface area contributed by atoms with E-state index in [1.807, 2.05) is 36.5 Å². The lowest BCUT2D eigenvalue weighted by atomic mass is 9.87. The molecule has 1 heterocycles. The van der Waals surface area contributed by atoms with E-state index in [4.69, 9.17) is 28.9 Å². The second-order valence-electron chi connectivity index (χ2n) is 5.51. The molecule has 2 aromatic carbocycles. The van der Waals surface area contributed by atoms with Gasteiger partial charge in [-0.1, -0.05) is 53.5 Å². The number of benzene rings is 2. The fraction of sp³-hybridized carbons (Fsp3) is 0.111. The van der Waals surface area contributed by atoms with Crippen LogP contribution in [0.2, 0.25) is 10.0 Å². The molecule has 6 heteroatoms. The summed E-state index contributed by atoms with van der Waals surface area (Å²) in [5.41, 5.74) is 9.36. The highest BCUT2D eigenvalue weighted by Gasteiger charge is 2.18. The van der Waals surface area contributed by atoms with Crippen molar-refractivity contribution in [3.05, 3.63) is 76.0 Å². The Hall–Kier alpha value is -2.30. The standard InChI is InChI=1S/C18H15Cl2N3O/c19-16-6-5-13(7-17(16)20)15(8-18(21)24)12-3-1-11(2-4-12)14-9-22-23-10-14/h1-7,9-10,15H,8H2,(H2,21,24)(H,22,23)/t15-/m1/s1. The second kappa shape index (κ2) is 7.07. The van der Waals surface area contributed by atoms with Crippen molar-refractivity contribution >= 4 is 29.1 Å². The number of hydrogen-bond acceptors (Lipinski definition) is 2. The zero-order valence-electron chi connectivity index (χ0n) is 12.7. The molecule has 4 nitrogen and oxygen atoms in total. The summed E-state index contributed by atoms with van der Waals surface area (Å²) in [5, 5.41) is 7.68. The third-order valence-electron chi connectivity index (χ3n) is 3.90. The van der Waals surface area contributed by atoms with Gasteiger partial charge in [-0.3, -0.25) is 9.89 Å². The van der Waals surface area contributed by atoms with Gasteiger partial charge in [0.05, 0.1) is 16.2 Å². The molecule has 3 N–H and O–H groups in total. The van der Waals surface area contributed by atoms with Crippen molar-refractivity contribution in [2.24, 2.45) is 5.73 Å². The number of halogens is 2. The first-order valence-electron chi connectivity index (χ1n) is 7.37. The van der Waals surface area contributed by atoms with Gasteiger partial charge in [-0.05, 0) is 28.8 Å². The van der Waals surface area contributed by atoms with E-state index in [9.17, 15) is 4.79 Å². The van der Waals surface area contributed by atoms with Crippen molar-refractivity contribution in [1.82, 2.24) is 10.2 Å². The molecule has 0 aliphatic heterocycles. The van der Waals surface area contributed by atoms with Crippen LogP contribution in [-0.2, 0) is 4.79 Å². The predicted molar refractivity (Wildman–Crippen MR) is 96.1 cm³/mol. The van der Waals surface area contributed by atoms with E-state index in [0.29, 0.717) is 10.0 Å². The number of primary amides is 1. The van der Waals surface area contributed by atoms with Crippen molar-refractivity contribution in [2.45, 2.75) is 12.3 Å². The maximum Gasteiger partial charge on any atom is 0.218 e. The molecule has 0 bridgehead atoms. The van der Waals surface area contributed by atoms with Crippen LogP contribution >= 0.6 is 23.2 Å². The van der Waals surface area contributed by atoms with Gasteiger partial charge in [-0.2, -0.15) is 5.10 Å². The maximum absolute atomic E-state index is 11.5. The molecule has 0 aliphatic rings. The number of carbonyl (C=O) groups is 1. The Kier molecular flexibility index (Phi) is 4.88. The Balaban J connectivity index is 1.96. The van der Waals surface area contributed by atoms with Gasteiger partial charge in [-0.15, -0.1) is 0 Å². The first kappa shape index (κ1) is 16.6. The Morgan fingerprint density at radius 1 is 1.04 bits per heavy atom. The number of amides is 1. The molecule has 1 amide bonds. The fourth-order valence-electron chi connectivity index (χ4n) is 2.68. The van der Waals surface area contributed by atoms with Gasteiger partial charge in [0.1, 0.15) is 0 Å². The molecular formula is C18H15Cl2N3O. The summed E-state index contributed by atoms with van der Waals surface area (Å²) < 4.78 is 0. The summed E-state index contributed by atoms with van der Waals surface area (Å²) in [4.78, 5) is 11.5. The average Bonchev–Trinajstić information content (AvgIpc) is 3.10. The second-order valence-corrected chi connectivity index (χ2v) is 6.32. The molecule has 1 aromatic heterocycles. The van der Waals surface area contributed by atoms with E-state index in [-0.39, 0.29) is 18.2 Å². The summed E-state index contributed by atoms with van der Waals surface area (Å²) in [6.45, 7) is 0. The van der Waals surface area contributed by atoms with E-state index in [1.165, 1.54) is 0 Å². The van der Waals surface area contributed by atoms with Crippen molar-refractivity contribution in [3.8, 4) is 11.1 Å². The van der Waals surface area contributed by atoms with Crippen molar-refractivity contribution in [3.63, 3.8) is 0 Å². The van der Waals surface area contributed by atoms with Crippen molar-refractivity contribution in [2.75, 3.05) is 0 Å². The van der Waals surface area contributed by atoms with E-state index in [0.717, 1.165) is 22.3 Å². The molecule has 0 saturated carbocycles. The Morgan fingerprint density at radius 2 is 1.75 bits per heavy atom. The van der Waals surface area contributed by atoms with Crippen LogP contribution in [-0.4, -0.2) is 16.1 Å². The van der Waals surface area contributed by atoms with Crippen LogP contribution in [0.4, 0.5) is 0 Å². The highest BCUT2D eigenvalue weighted by molar-refractivity contribution is 6.42. The minimum absolute atomic E-state index is 0.171. The monoisotopic (exact) mass is 359 g/mol. The van der Waals surface area contributed by atoms with E-state index in [2.05, 4.69) is 10.2 Å². The highest BCUT2D eigenvalue weighted by atomic mass is 35.5. The lowest BCUT2D eigenvalue weighted by Crippen LogP contribution is -2.16. The molecule has 0 unspecified atom stereocenters. The highest BCUT2D eigenvalue weighted by Crippen LogP contribution is 2.33. The van der Waals surface area contributed by atoms with Crippen LogP contribution < -0.4 is 5.73 Å². The minimum atomic E-state index is -0.370. The number of hydrogen-bond donors (Lipinski definition) is 2. The van der Waals surface area contributed by atoms with Gasteiger partial charge < -0.3 is 5.73 Å². The van der Waals surface area contributed by atoms with E-state index >= 15 is 0 Å². The van der Waals surface area contributed by atoms with E-state index < -0.39 is 0 Å². The average molecular weight is 360 g/mol. The number of nitrogens with two attached hydrogens (primary N) is 1. The largest absolute Gasteiger partial charge is 0.370 e. The normalized spacial score (nSPS) is 12.1. The molecule has 3 rings (SSSR count). The van der Waals surface area contributed by atoms with Crippen LogP contribution in [0.25, 0.3) is 11.1 Å². The SMILES string of the molecule is NC(=O)C[C@H](c1ccc(-c2cn[nH]c2)cc1)c1ccc(Cl)c(Cl)c1. The molecular weight excluding hydrogens is 345 g/mol. The van der Waals surface area contributed by atoms with Crippen molar-refractivity contribution in [1.29, 1.82) is 0 Å². The Labute approximate surface area is 149 Å². The third-order valence-corrected chi connectivity index (χ3v) is 4.63. The fourth-order valence-corrected chi connectivity index (χ4v) is 2.98. The van der Waals surface area contributed by atoms with Gasteiger partial charge in [-0.25, -0.2) is 0 Å². The number of aromatic nitrogens is 2. The molecule has 0 fully saturated rings. The van der Waals surface area contributed by atoms with Crippen LogP contribution in [0.3, 0.4) is 0 Å². The molecule has 0 aliphatic carbocycles. The third kappa shape index (κ3) is 3.61. The zero-order chi connectivity index (χ0) is 17.1. The topological polar surface area (TPSA) is 71.8 Å². The number of aromatic amines is 1. The zero-order valence-corrected chi connectivity index (χ0v) is 14.2. The molecule has 0 saturated heterocycles. The molecule has 24 heavy (non-hydrogen) atoms. The molecule has 0 radical (unpaired) electrons.